The number of benzene rings is 3. The zero-order valence-electron chi connectivity index (χ0n) is 16.6. The summed E-state index contributed by atoms with van der Waals surface area (Å²) in [6.07, 6.45) is 0. The third-order valence-corrected chi connectivity index (χ3v) is 5.66. The van der Waals surface area contributed by atoms with Crippen LogP contribution in [0.1, 0.15) is 33.2 Å². The number of amides is 2. The van der Waals surface area contributed by atoms with Crippen molar-refractivity contribution in [3.63, 3.8) is 0 Å². The molecule has 0 bridgehead atoms. The molecule has 0 unspecified atom stereocenters. The molecular formula is C24H18FN3O2S. The summed E-state index contributed by atoms with van der Waals surface area (Å²) in [5.41, 5.74) is 5.43. The molecule has 1 heterocycles. The van der Waals surface area contributed by atoms with E-state index >= 15 is 0 Å². The summed E-state index contributed by atoms with van der Waals surface area (Å²) in [7, 11) is 0. The molecule has 2 amide bonds. The van der Waals surface area contributed by atoms with E-state index in [0.29, 0.717) is 22.5 Å². The number of fused-ring (bicyclic) bond motifs is 1. The Kier molecular flexibility index (Phi) is 5.86. The molecule has 0 atom stereocenters. The maximum absolute atomic E-state index is 13.0. The first-order chi connectivity index (χ1) is 15.0. The van der Waals surface area contributed by atoms with Gasteiger partial charge < -0.3 is 5.32 Å². The van der Waals surface area contributed by atoms with Gasteiger partial charge in [0.2, 0.25) is 0 Å². The molecule has 0 aliphatic heterocycles. The number of carbonyl (C=O) groups is 2. The summed E-state index contributed by atoms with van der Waals surface area (Å²) >= 11 is 1.51. The summed E-state index contributed by atoms with van der Waals surface area (Å²) in [6, 6.07) is 20.1. The van der Waals surface area contributed by atoms with Crippen LogP contribution in [0.25, 0.3) is 10.1 Å². The molecule has 0 fully saturated rings. The quantitative estimate of drug-likeness (QED) is 0.326. The molecule has 0 aliphatic rings. The van der Waals surface area contributed by atoms with Crippen LogP contribution in [0.15, 0.2) is 83.3 Å². The highest BCUT2D eigenvalue weighted by Gasteiger charge is 2.12. The Morgan fingerprint density at radius 1 is 0.903 bits per heavy atom. The van der Waals surface area contributed by atoms with E-state index in [9.17, 15) is 14.0 Å². The number of rotatable bonds is 5. The fraction of sp³-hybridized carbons (Fsp3) is 0.0417. The van der Waals surface area contributed by atoms with Crippen LogP contribution >= 0.6 is 11.3 Å². The number of carbonyl (C=O) groups excluding carboxylic acids is 2. The number of hydrogen-bond donors (Lipinski definition) is 2. The second-order valence-corrected chi connectivity index (χ2v) is 7.74. The second-order valence-electron chi connectivity index (χ2n) is 6.83. The third-order valence-electron chi connectivity index (χ3n) is 4.70. The first kappa shape index (κ1) is 20.4. The first-order valence-electron chi connectivity index (χ1n) is 9.49. The van der Waals surface area contributed by atoms with Crippen LogP contribution in [0.3, 0.4) is 0 Å². The van der Waals surface area contributed by atoms with Gasteiger partial charge in [-0.2, -0.15) is 5.10 Å². The largest absolute Gasteiger partial charge is 0.322 e. The lowest BCUT2D eigenvalue weighted by Gasteiger charge is -2.08. The van der Waals surface area contributed by atoms with Gasteiger partial charge in [-0.25, -0.2) is 9.82 Å². The highest BCUT2D eigenvalue weighted by molar-refractivity contribution is 7.17. The van der Waals surface area contributed by atoms with Crippen molar-refractivity contribution >= 4 is 44.6 Å². The van der Waals surface area contributed by atoms with Crippen molar-refractivity contribution in [2.45, 2.75) is 6.92 Å². The smallest absolute Gasteiger partial charge is 0.272 e. The first-order valence-corrected chi connectivity index (χ1v) is 10.4. The van der Waals surface area contributed by atoms with Crippen LogP contribution in [-0.4, -0.2) is 17.5 Å². The molecule has 5 nitrogen and oxygen atoms in total. The van der Waals surface area contributed by atoms with Crippen LogP contribution in [0, 0.1) is 5.82 Å². The van der Waals surface area contributed by atoms with E-state index in [2.05, 4.69) is 15.8 Å². The van der Waals surface area contributed by atoms with Gasteiger partial charge in [0.15, 0.2) is 0 Å². The van der Waals surface area contributed by atoms with Gasteiger partial charge in [-0.15, -0.1) is 11.3 Å². The number of anilines is 1. The fourth-order valence-corrected chi connectivity index (χ4v) is 3.98. The van der Waals surface area contributed by atoms with Gasteiger partial charge in [-0.05, 0) is 55.0 Å². The molecule has 7 heteroatoms. The summed E-state index contributed by atoms with van der Waals surface area (Å²) in [6.45, 7) is 1.77. The van der Waals surface area contributed by atoms with E-state index in [1.807, 2.05) is 35.7 Å². The van der Waals surface area contributed by atoms with Gasteiger partial charge in [0.05, 0.1) is 11.3 Å². The average molecular weight is 431 g/mol. The highest BCUT2D eigenvalue weighted by atomic mass is 32.1. The predicted octanol–water partition coefficient (Wildman–Crippen LogP) is 5.45. The van der Waals surface area contributed by atoms with E-state index in [1.54, 1.807) is 25.1 Å². The van der Waals surface area contributed by atoms with Crippen LogP contribution in [0.2, 0.25) is 0 Å². The van der Waals surface area contributed by atoms with Crippen LogP contribution in [0.5, 0.6) is 0 Å². The van der Waals surface area contributed by atoms with Crippen molar-refractivity contribution < 1.29 is 14.0 Å². The normalized spacial score (nSPS) is 11.4. The Morgan fingerprint density at radius 2 is 1.68 bits per heavy atom. The number of halogens is 1. The molecule has 1 aromatic heterocycles. The fourth-order valence-electron chi connectivity index (χ4n) is 3.04. The minimum absolute atomic E-state index is 0.280. The van der Waals surface area contributed by atoms with Crippen molar-refractivity contribution in [1.82, 2.24) is 5.43 Å². The monoisotopic (exact) mass is 431 g/mol. The van der Waals surface area contributed by atoms with E-state index < -0.39 is 5.82 Å². The van der Waals surface area contributed by atoms with Gasteiger partial charge >= 0.3 is 0 Å². The summed E-state index contributed by atoms with van der Waals surface area (Å²) in [4.78, 5) is 24.9. The molecular weight excluding hydrogens is 413 g/mol. The molecule has 0 saturated heterocycles. The van der Waals surface area contributed by atoms with Gasteiger partial charge in [-0.3, -0.25) is 9.59 Å². The average Bonchev–Trinajstić information content (AvgIpc) is 3.22. The van der Waals surface area contributed by atoms with Crippen molar-refractivity contribution in [3.8, 4) is 0 Å². The number of thiophene rings is 1. The molecule has 0 saturated carbocycles. The molecule has 2 N–H and O–H groups in total. The number of nitrogens with one attached hydrogen (secondary N) is 2. The van der Waals surface area contributed by atoms with Crippen molar-refractivity contribution in [2.24, 2.45) is 5.10 Å². The summed E-state index contributed by atoms with van der Waals surface area (Å²) in [5.74, 6) is -1.02. The molecule has 31 heavy (non-hydrogen) atoms. The van der Waals surface area contributed by atoms with E-state index in [4.69, 9.17) is 0 Å². The molecule has 0 spiro atoms. The Bertz CT molecular complexity index is 1300. The molecule has 3 aromatic carbocycles. The zero-order chi connectivity index (χ0) is 21.8. The Morgan fingerprint density at radius 3 is 2.48 bits per heavy atom. The van der Waals surface area contributed by atoms with Crippen molar-refractivity contribution in [2.75, 3.05) is 5.32 Å². The van der Waals surface area contributed by atoms with Gasteiger partial charge in [0.25, 0.3) is 11.8 Å². The van der Waals surface area contributed by atoms with E-state index in [1.165, 1.54) is 35.6 Å². The summed E-state index contributed by atoms with van der Waals surface area (Å²) in [5, 5.41) is 9.70. The van der Waals surface area contributed by atoms with Gasteiger partial charge in [-0.1, -0.05) is 30.3 Å². The van der Waals surface area contributed by atoms with Crippen molar-refractivity contribution in [3.05, 3.63) is 101 Å². The number of hydrogen-bond acceptors (Lipinski definition) is 4. The zero-order valence-corrected chi connectivity index (χ0v) is 17.4. The Hall–Kier alpha value is -3.84. The maximum Gasteiger partial charge on any atom is 0.272 e. The van der Waals surface area contributed by atoms with Crippen LogP contribution < -0.4 is 10.7 Å². The topological polar surface area (TPSA) is 70.6 Å². The SMILES string of the molecule is C/C(=N/NC(=O)c1csc2ccccc12)c1cccc(NC(=O)c2ccc(F)cc2)c1. The predicted molar refractivity (Wildman–Crippen MR) is 122 cm³/mol. The maximum atomic E-state index is 13.0. The number of hydrazone groups is 1. The van der Waals surface area contributed by atoms with Crippen LogP contribution in [0.4, 0.5) is 10.1 Å². The lowest BCUT2D eigenvalue weighted by Crippen LogP contribution is -2.19. The minimum Gasteiger partial charge on any atom is -0.322 e. The third kappa shape index (κ3) is 4.67. The molecule has 4 rings (SSSR count). The molecule has 0 aliphatic carbocycles. The lowest BCUT2D eigenvalue weighted by molar-refractivity contribution is 0.0956. The van der Waals surface area contributed by atoms with E-state index in [-0.39, 0.29) is 11.8 Å². The van der Waals surface area contributed by atoms with Gasteiger partial charge in [0.1, 0.15) is 5.82 Å². The second kappa shape index (κ2) is 8.89. The molecule has 154 valence electrons. The van der Waals surface area contributed by atoms with Crippen molar-refractivity contribution in [1.29, 1.82) is 0 Å². The van der Waals surface area contributed by atoms with Crippen LogP contribution in [-0.2, 0) is 0 Å². The van der Waals surface area contributed by atoms with Gasteiger partial charge in [0, 0.05) is 26.7 Å². The number of nitrogens with zero attached hydrogens (tertiary/aromatic N) is 1. The Balaban J connectivity index is 1.46. The minimum atomic E-state index is -0.400. The summed E-state index contributed by atoms with van der Waals surface area (Å²) < 4.78 is 14.1. The standard InChI is InChI=1S/C24H18FN3O2S/c1-15(27-28-24(30)21-14-31-22-8-3-2-7-20(21)22)17-5-4-6-19(13-17)26-23(29)16-9-11-18(25)12-10-16/h2-14H,1H3,(H,26,29)(H,28,30)/b27-15-. The highest BCUT2D eigenvalue weighted by Crippen LogP contribution is 2.25. The molecule has 4 aromatic rings. The molecule has 0 radical (unpaired) electrons. The van der Waals surface area contributed by atoms with E-state index in [0.717, 1.165) is 15.6 Å². The Labute approximate surface area is 182 Å². The lowest BCUT2D eigenvalue weighted by atomic mass is 10.1.